The summed E-state index contributed by atoms with van der Waals surface area (Å²) in [6.45, 7) is 2.74. The summed E-state index contributed by atoms with van der Waals surface area (Å²) in [5.41, 5.74) is 3.93. The Morgan fingerprint density at radius 1 is 0.882 bits per heavy atom. The number of hydrogen-bond acceptors (Lipinski definition) is 2. The van der Waals surface area contributed by atoms with Gasteiger partial charge in [-0.15, -0.1) is 0 Å². The number of ether oxygens (including phenoxy) is 2. The predicted octanol–water partition coefficient (Wildman–Crippen LogP) is 7.65. The van der Waals surface area contributed by atoms with Crippen LogP contribution in [0.15, 0.2) is 54.6 Å². The average molecular weight is 467 g/mol. The lowest BCUT2D eigenvalue weighted by Crippen LogP contribution is -2.21. The van der Waals surface area contributed by atoms with Gasteiger partial charge in [0.05, 0.1) is 19.3 Å². The molecule has 1 atom stereocenters. The van der Waals surface area contributed by atoms with Crippen LogP contribution < -0.4 is 0 Å². The fourth-order valence-corrected chi connectivity index (χ4v) is 4.91. The fourth-order valence-electron chi connectivity index (χ4n) is 4.91. The zero-order valence-corrected chi connectivity index (χ0v) is 19.3. The van der Waals surface area contributed by atoms with E-state index in [0.29, 0.717) is 12.2 Å². The average Bonchev–Trinajstić information content (AvgIpc) is 3.71. The SMILES string of the molecule is CCc1ccc(-c2ccc(COC3CCC(c4ccc(C5CO5)cc4F)CC3)c(F)c2F)cc1. The van der Waals surface area contributed by atoms with Crippen LogP contribution in [0.4, 0.5) is 13.2 Å². The Morgan fingerprint density at radius 3 is 2.26 bits per heavy atom. The first-order valence-electron chi connectivity index (χ1n) is 12.1. The van der Waals surface area contributed by atoms with Crippen LogP contribution in [0, 0.1) is 17.5 Å². The highest BCUT2D eigenvalue weighted by Crippen LogP contribution is 2.38. The maximum atomic E-state index is 14.8. The Kier molecular flexibility index (Phi) is 6.75. The number of rotatable bonds is 7. The normalized spacial score (nSPS) is 22.1. The molecule has 2 nitrogen and oxygen atoms in total. The van der Waals surface area contributed by atoms with E-state index in [-0.39, 0.29) is 41.7 Å². The molecule has 0 aromatic heterocycles. The number of benzene rings is 3. The topological polar surface area (TPSA) is 21.8 Å². The van der Waals surface area contributed by atoms with Crippen molar-refractivity contribution in [3.8, 4) is 11.1 Å². The molecule has 1 unspecified atom stereocenters. The van der Waals surface area contributed by atoms with Crippen molar-refractivity contribution in [3.63, 3.8) is 0 Å². The van der Waals surface area contributed by atoms with Crippen LogP contribution in [0.1, 0.15) is 66.9 Å². The minimum atomic E-state index is -0.854. The largest absolute Gasteiger partial charge is 0.373 e. The lowest BCUT2D eigenvalue weighted by molar-refractivity contribution is 0.0117. The smallest absolute Gasteiger partial charge is 0.167 e. The highest BCUT2D eigenvalue weighted by Gasteiger charge is 2.28. The van der Waals surface area contributed by atoms with Gasteiger partial charge in [-0.2, -0.15) is 0 Å². The zero-order chi connectivity index (χ0) is 23.7. The molecule has 1 saturated heterocycles. The first-order valence-corrected chi connectivity index (χ1v) is 12.1. The van der Waals surface area contributed by atoms with Crippen molar-refractivity contribution < 1.29 is 22.6 Å². The molecular weight excluding hydrogens is 437 g/mol. The Bertz CT molecular complexity index is 1150. The summed E-state index contributed by atoms with van der Waals surface area (Å²) >= 11 is 0. The molecule has 178 valence electrons. The van der Waals surface area contributed by atoms with E-state index in [9.17, 15) is 13.2 Å². The van der Waals surface area contributed by atoms with Gasteiger partial charge < -0.3 is 9.47 Å². The molecule has 0 spiro atoms. The van der Waals surface area contributed by atoms with Crippen molar-refractivity contribution >= 4 is 0 Å². The van der Waals surface area contributed by atoms with Crippen LogP contribution in [0.3, 0.4) is 0 Å². The Hall–Kier alpha value is -2.63. The molecule has 1 aliphatic carbocycles. The van der Waals surface area contributed by atoms with Gasteiger partial charge in [-0.05, 0) is 66.3 Å². The first-order chi connectivity index (χ1) is 16.5. The third-order valence-corrected chi connectivity index (χ3v) is 7.15. The van der Waals surface area contributed by atoms with E-state index in [1.54, 1.807) is 18.2 Å². The van der Waals surface area contributed by atoms with Gasteiger partial charge in [0.2, 0.25) is 0 Å². The van der Waals surface area contributed by atoms with Crippen LogP contribution in [-0.4, -0.2) is 12.7 Å². The van der Waals surface area contributed by atoms with Crippen molar-refractivity contribution in [3.05, 3.63) is 94.3 Å². The van der Waals surface area contributed by atoms with E-state index in [1.807, 2.05) is 36.4 Å². The van der Waals surface area contributed by atoms with Crippen molar-refractivity contribution in [2.75, 3.05) is 6.61 Å². The number of hydrogen-bond donors (Lipinski definition) is 0. The summed E-state index contributed by atoms with van der Waals surface area (Å²) in [5, 5.41) is 0. The molecule has 1 aliphatic heterocycles. The second kappa shape index (κ2) is 9.93. The van der Waals surface area contributed by atoms with E-state index in [1.165, 1.54) is 0 Å². The summed E-state index contributed by atoms with van der Waals surface area (Å²) < 4.78 is 55.3. The van der Waals surface area contributed by atoms with Crippen LogP contribution in [0.2, 0.25) is 0 Å². The maximum absolute atomic E-state index is 14.8. The van der Waals surface area contributed by atoms with Crippen molar-refractivity contribution in [2.45, 2.75) is 63.8 Å². The summed E-state index contributed by atoms with van der Waals surface area (Å²) in [6.07, 6.45) is 4.06. The van der Waals surface area contributed by atoms with E-state index >= 15 is 0 Å². The van der Waals surface area contributed by atoms with E-state index < -0.39 is 11.6 Å². The molecule has 0 N–H and O–H groups in total. The van der Waals surface area contributed by atoms with Crippen molar-refractivity contribution in [2.24, 2.45) is 0 Å². The highest BCUT2D eigenvalue weighted by atomic mass is 19.2. The van der Waals surface area contributed by atoms with E-state index in [2.05, 4.69) is 6.92 Å². The fraction of sp³-hybridized carbons (Fsp3) is 0.379. The maximum Gasteiger partial charge on any atom is 0.167 e. The van der Waals surface area contributed by atoms with Gasteiger partial charge in [-0.1, -0.05) is 55.5 Å². The minimum absolute atomic E-state index is 0.0254. The van der Waals surface area contributed by atoms with Gasteiger partial charge in [-0.25, -0.2) is 13.2 Å². The van der Waals surface area contributed by atoms with E-state index in [0.717, 1.165) is 48.8 Å². The molecule has 34 heavy (non-hydrogen) atoms. The van der Waals surface area contributed by atoms with Gasteiger partial charge in [0.25, 0.3) is 0 Å². The second-order valence-corrected chi connectivity index (χ2v) is 9.34. The number of epoxide rings is 1. The molecule has 5 heteroatoms. The molecule has 0 radical (unpaired) electrons. The second-order valence-electron chi connectivity index (χ2n) is 9.34. The lowest BCUT2D eigenvalue weighted by Gasteiger charge is -2.29. The highest BCUT2D eigenvalue weighted by molar-refractivity contribution is 5.65. The quantitative estimate of drug-likeness (QED) is 0.334. The monoisotopic (exact) mass is 466 g/mol. The summed E-state index contributed by atoms with van der Waals surface area (Å²) in [5.74, 6) is -1.71. The van der Waals surface area contributed by atoms with Crippen LogP contribution in [0.5, 0.6) is 0 Å². The lowest BCUT2D eigenvalue weighted by atomic mass is 9.82. The molecule has 1 saturated carbocycles. The summed E-state index contributed by atoms with van der Waals surface area (Å²) in [7, 11) is 0. The molecule has 0 bridgehead atoms. The molecular formula is C29H29F3O2. The van der Waals surface area contributed by atoms with Gasteiger partial charge in [0.1, 0.15) is 11.9 Å². The van der Waals surface area contributed by atoms with Crippen molar-refractivity contribution in [1.29, 1.82) is 0 Å². The molecule has 3 aromatic rings. The first kappa shape index (κ1) is 23.1. The molecule has 1 heterocycles. The minimum Gasteiger partial charge on any atom is -0.373 e. The van der Waals surface area contributed by atoms with Crippen LogP contribution >= 0.6 is 0 Å². The van der Waals surface area contributed by atoms with Gasteiger partial charge in [0, 0.05) is 11.1 Å². The number of halogens is 3. The van der Waals surface area contributed by atoms with Crippen LogP contribution in [-0.2, 0) is 22.5 Å². The number of aryl methyl sites for hydroxylation is 1. The summed E-state index contributed by atoms with van der Waals surface area (Å²) in [6, 6.07) is 16.2. The third-order valence-electron chi connectivity index (χ3n) is 7.15. The zero-order valence-electron chi connectivity index (χ0n) is 19.3. The standard InChI is InChI=1S/C29H29F3O2/c1-2-18-3-5-20(6-4-18)25-14-10-22(28(31)29(25)32)16-33-23-11-7-19(8-12-23)24-13-9-21(15-26(24)30)27-17-34-27/h3-6,9-10,13-15,19,23,27H,2,7-8,11-12,16-17H2,1H3. The molecule has 3 aromatic carbocycles. The Balaban J connectivity index is 1.18. The molecule has 2 fully saturated rings. The third kappa shape index (κ3) is 4.91. The molecule has 5 rings (SSSR count). The molecule has 0 amide bonds. The van der Waals surface area contributed by atoms with Crippen LogP contribution in [0.25, 0.3) is 11.1 Å². The summed E-state index contributed by atoms with van der Waals surface area (Å²) in [4.78, 5) is 0. The van der Waals surface area contributed by atoms with E-state index in [4.69, 9.17) is 9.47 Å². The van der Waals surface area contributed by atoms with Gasteiger partial charge >= 0.3 is 0 Å². The Morgan fingerprint density at radius 2 is 1.62 bits per heavy atom. The Labute approximate surface area is 198 Å². The van der Waals surface area contributed by atoms with Gasteiger partial charge in [-0.3, -0.25) is 0 Å². The molecule has 2 aliphatic rings. The predicted molar refractivity (Wildman–Crippen MR) is 126 cm³/mol. The van der Waals surface area contributed by atoms with Crippen molar-refractivity contribution in [1.82, 2.24) is 0 Å². The van der Waals surface area contributed by atoms with Gasteiger partial charge in [0.15, 0.2) is 11.6 Å².